The van der Waals surface area contributed by atoms with E-state index in [1.807, 2.05) is 63.2 Å². The van der Waals surface area contributed by atoms with Crippen LogP contribution in [-0.2, 0) is 0 Å². The van der Waals surface area contributed by atoms with Crippen molar-refractivity contribution < 1.29 is 4.79 Å². The fourth-order valence-electron chi connectivity index (χ4n) is 2.68. The average molecular weight is 369 g/mol. The minimum absolute atomic E-state index is 0.148. The van der Waals surface area contributed by atoms with Gasteiger partial charge in [0.25, 0.3) is 5.91 Å². The molecule has 0 saturated carbocycles. The number of aromatic nitrogens is 3. The molecule has 134 valence electrons. The Balaban J connectivity index is 2.16. The van der Waals surface area contributed by atoms with E-state index >= 15 is 0 Å². The normalized spacial score (nSPS) is 10.8. The van der Waals surface area contributed by atoms with E-state index in [4.69, 9.17) is 11.6 Å². The van der Waals surface area contributed by atoms with Crippen LogP contribution in [0.1, 0.15) is 35.1 Å². The zero-order valence-corrected chi connectivity index (χ0v) is 15.8. The monoisotopic (exact) mass is 368 g/mol. The van der Waals surface area contributed by atoms with Gasteiger partial charge in [0.15, 0.2) is 5.82 Å². The molecule has 0 unspecified atom stereocenters. The number of rotatable bonds is 5. The van der Waals surface area contributed by atoms with E-state index in [1.54, 1.807) is 4.68 Å². The van der Waals surface area contributed by atoms with Crippen molar-refractivity contribution in [3.63, 3.8) is 0 Å². The van der Waals surface area contributed by atoms with E-state index in [0.29, 0.717) is 17.4 Å². The van der Waals surface area contributed by atoms with Crippen LogP contribution in [-0.4, -0.2) is 27.2 Å². The van der Waals surface area contributed by atoms with Crippen molar-refractivity contribution in [2.24, 2.45) is 0 Å². The number of nitrogens with one attached hydrogen (secondary N) is 1. The molecule has 1 amide bonds. The van der Waals surface area contributed by atoms with Gasteiger partial charge in [-0.25, -0.2) is 9.67 Å². The summed E-state index contributed by atoms with van der Waals surface area (Å²) in [5.74, 6) is 0.481. The smallest absolute Gasteiger partial charge is 0.290 e. The summed E-state index contributed by atoms with van der Waals surface area (Å²) in [6.45, 7) is 6.58. The van der Waals surface area contributed by atoms with E-state index in [1.165, 1.54) is 0 Å². The third-order valence-corrected chi connectivity index (χ3v) is 4.26. The lowest BCUT2D eigenvalue weighted by Crippen LogP contribution is -2.25. The topological polar surface area (TPSA) is 59.8 Å². The number of carbonyl (C=O) groups is 1. The van der Waals surface area contributed by atoms with Gasteiger partial charge in [-0.15, -0.1) is 5.10 Å². The summed E-state index contributed by atoms with van der Waals surface area (Å²) in [7, 11) is 0. The summed E-state index contributed by atoms with van der Waals surface area (Å²) in [6.07, 6.45) is 0.852. The summed E-state index contributed by atoms with van der Waals surface area (Å²) < 4.78 is 1.69. The molecule has 0 spiro atoms. The van der Waals surface area contributed by atoms with Crippen LogP contribution in [0.3, 0.4) is 0 Å². The van der Waals surface area contributed by atoms with Gasteiger partial charge in [-0.2, -0.15) is 0 Å². The number of amides is 1. The van der Waals surface area contributed by atoms with Gasteiger partial charge in [0.1, 0.15) is 0 Å². The van der Waals surface area contributed by atoms with Gasteiger partial charge in [0, 0.05) is 17.1 Å². The number of aryl methyl sites for hydroxylation is 2. The van der Waals surface area contributed by atoms with E-state index in [-0.39, 0.29) is 11.7 Å². The molecular formula is C20H21ClN4O. The van der Waals surface area contributed by atoms with Crippen molar-refractivity contribution in [2.45, 2.75) is 27.2 Å². The molecule has 3 aromatic rings. The fourth-order valence-corrected chi connectivity index (χ4v) is 2.84. The molecule has 0 aliphatic heterocycles. The Morgan fingerprint density at radius 1 is 1.19 bits per heavy atom. The summed E-state index contributed by atoms with van der Waals surface area (Å²) in [5, 5.41) is 7.91. The average Bonchev–Trinajstić information content (AvgIpc) is 3.07. The molecule has 0 saturated heterocycles. The number of halogens is 1. The maximum Gasteiger partial charge on any atom is 0.290 e. The Hall–Kier alpha value is -2.66. The van der Waals surface area contributed by atoms with Gasteiger partial charge in [0.05, 0.1) is 5.69 Å². The van der Waals surface area contributed by atoms with Crippen LogP contribution in [0.5, 0.6) is 0 Å². The van der Waals surface area contributed by atoms with E-state index in [9.17, 15) is 4.79 Å². The molecule has 1 heterocycles. The molecule has 0 atom stereocenters. The third-order valence-electron chi connectivity index (χ3n) is 4.02. The van der Waals surface area contributed by atoms with Crippen molar-refractivity contribution >= 4 is 17.5 Å². The van der Waals surface area contributed by atoms with E-state index in [0.717, 1.165) is 28.8 Å². The molecule has 1 aromatic heterocycles. The number of hydrogen-bond acceptors (Lipinski definition) is 3. The van der Waals surface area contributed by atoms with Gasteiger partial charge in [0.2, 0.25) is 5.82 Å². The minimum atomic E-state index is -0.279. The first-order chi connectivity index (χ1) is 12.5. The number of nitrogens with zero attached hydrogens (tertiary/aromatic N) is 3. The highest BCUT2D eigenvalue weighted by Crippen LogP contribution is 2.26. The first kappa shape index (κ1) is 18.1. The van der Waals surface area contributed by atoms with Crippen LogP contribution in [0.25, 0.3) is 17.1 Å². The maximum atomic E-state index is 12.4. The molecule has 0 bridgehead atoms. The minimum Gasteiger partial charge on any atom is -0.349 e. The Morgan fingerprint density at radius 3 is 2.73 bits per heavy atom. The zero-order valence-electron chi connectivity index (χ0n) is 15.1. The Bertz CT molecular complexity index is 949. The second kappa shape index (κ2) is 7.70. The van der Waals surface area contributed by atoms with Gasteiger partial charge in [-0.3, -0.25) is 4.79 Å². The Morgan fingerprint density at radius 2 is 2.00 bits per heavy atom. The third kappa shape index (κ3) is 3.78. The second-order valence-electron chi connectivity index (χ2n) is 6.23. The van der Waals surface area contributed by atoms with Crippen molar-refractivity contribution in [3.05, 3.63) is 64.4 Å². The van der Waals surface area contributed by atoms with Crippen LogP contribution in [0.2, 0.25) is 5.02 Å². The number of carbonyl (C=O) groups excluding carboxylic acids is 1. The summed E-state index contributed by atoms with van der Waals surface area (Å²) in [6, 6.07) is 13.6. The Kier molecular flexibility index (Phi) is 5.38. The molecular weight excluding hydrogens is 348 g/mol. The fraction of sp³-hybridized carbons (Fsp3) is 0.250. The lowest BCUT2D eigenvalue weighted by atomic mass is 10.1. The molecule has 0 fully saturated rings. The van der Waals surface area contributed by atoms with Crippen LogP contribution >= 0.6 is 11.6 Å². The predicted molar refractivity (Wildman–Crippen MR) is 104 cm³/mol. The highest BCUT2D eigenvalue weighted by atomic mass is 35.5. The largest absolute Gasteiger partial charge is 0.349 e. The molecule has 2 aromatic carbocycles. The highest BCUT2D eigenvalue weighted by molar-refractivity contribution is 6.30. The maximum absolute atomic E-state index is 12.4. The summed E-state index contributed by atoms with van der Waals surface area (Å²) in [4.78, 5) is 16.9. The van der Waals surface area contributed by atoms with Gasteiger partial charge in [-0.1, -0.05) is 48.4 Å². The van der Waals surface area contributed by atoms with Crippen LogP contribution in [0, 0.1) is 13.8 Å². The Labute approximate surface area is 158 Å². The molecule has 26 heavy (non-hydrogen) atoms. The van der Waals surface area contributed by atoms with Gasteiger partial charge >= 0.3 is 0 Å². The first-order valence-corrected chi connectivity index (χ1v) is 8.96. The standard InChI is InChI=1S/C20H21ClN4O/c1-4-10-22-20(26)18-23-19(15-7-5-6-13(2)11-15)25(24-18)17-12-16(21)9-8-14(17)3/h5-9,11-12H,4,10H2,1-3H3,(H,22,26). The molecule has 1 N–H and O–H groups in total. The second-order valence-corrected chi connectivity index (χ2v) is 6.66. The van der Waals surface area contributed by atoms with E-state index < -0.39 is 0 Å². The predicted octanol–water partition coefficient (Wildman–Crippen LogP) is 4.34. The molecule has 0 aliphatic rings. The molecule has 3 rings (SSSR count). The zero-order chi connectivity index (χ0) is 18.7. The molecule has 0 radical (unpaired) electrons. The SMILES string of the molecule is CCCNC(=O)c1nc(-c2cccc(C)c2)n(-c2cc(Cl)ccc2C)n1. The number of benzene rings is 2. The van der Waals surface area contributed by atoms with Crippen LogP contribution < -0.4 is 5.32 Å². The summed E-state index contributed by atoms with van der Waals surface area (Å²) >= 11 is 6.19. The van der Waals surface area contributed by atoms with Gasteiger partial charge < -0.3 is 5.32 Å². The summed E-state index contributed by atoms with van der Waals surface area (Å²) in [5.41, 5.74) is 3.80. The van der Waals surface area contributed by atoms with Crippen LogP contribution in [0.15, 0.2) is 42.5 Å². The van der Waals surface area contributed by atoms with Crippen molar-refractivity contribution in [2.75, 3.05) is 6.54 Å². The van der Waals surface area contributed by atoms with Gasteiger partial charge in [-0.05, 0) is 44.0 Å². The quantitative estimate of drug-likeness (QED) is 0.728. The van der Waals surface area contributed by atoms with Crippen molar-refractivity contribution in [1.29, 1.82) is 0 Å². The molecule has 0 aliphatic carbocycles. The molecule has 5 nitrogen and oxygen atoms in total. The number of hydrogen-bond donors (Lipinski definition) is 1. The van der Waals surface area contributed by atoms with E-state index in [2.05, 4.69) is 15.4 Å². The van der Waals surface area contributed by atoms with Crippen molar-refractivity contribution in [3.8, 4) is 17.1 Å². The first-order valence-electron chi connectivity index (χ1n) is 8.58. The van der Waals surface area contributed by atoms with Crippen molar-refractivity contribution in [1.82, 2.24) is 20.1 Å². The molecule has 6 heteroatoms. The lowest BCUT2D eigenvalue weighted by molar-refractivity contribution is 0.0943. The van der Waals surface area contributed by atoms with Crippen LogP contribution in [0.4, 0.5) is 0 Å². The lowest BCUT2D eigenvalue weighted by Gasteiger charge is -2.10. The highest BCUT2D eigenvalue weighted by Gasteiger charge is 2.19.